The lowest BCUT2D eigenvalue weighted by Gasteiger charge is -2.08. The molecule has 0 fully saturated rings. The van der Waals surface area contributed by atoms with Crippen molar-refractivity contribution in [3.8, 4) is 0 Å². The van der Waals surface area contributed by atoms with E-state index in [0.717, 1.165) is 36.3 Å². The number of aryl methyl sites for hydroxylation is 1. The molecule has 0 radical (unpaired) electrons. The van der Waals surface area contributed by atoms with Gasteiger partial charge in [0.1, 0.15) is 6.33 Å². The molecule has 0 atom stereocenters. The molecule has 0 aliphatic carbocycles. The van der Waals surface area contributed by atoms with Crippen molar-refractivity contribution in [1.29, 1.82) is 0 Å². The number of rotatable bonds is 4. The Hall–Kier alpha value is -1.88. The Balaban J connectivity index is 1.93. The van der Waals surface area contributed by atoms with Gasteiger partial charge in [-0.25, -0.2) is 4.98 Å². The van der Waals surface area contributed by atoms with Crippen LogP contribution in [0.5, 0.6) is 0 Å². The van der Waals surface area contributed by atoms with Crippen LogP contribution in [0.3, 0.4) is 0 Å². The van der Waals surface area contributed by atoms with Crippen LogP contribution in [0.1, 0.15) is 6.42 Å². The maximum absolute atomic E-state index is 4.62. The first-order valence-corrected chi connectivity index (χ1v) is 6.19. The van der Waals surface area contributed by atoms with Gasteiger partial charge < -0.3 is 4.90 Å². The molecule has 18 heavy (non-hydrogen) atoms. The highest BCUT2D eigenvalue weighted by Gasteiger charge is 2.08. The molecule has 0 saturated heterocycles. The van der Waals surface area contributed by atoms with Gasteiger partial charge in [0.25, 0.3) is 0 Å². The summed E-state index contributed by atoms with van der Waals surface area (Å²) in [5.41, 5.74) is 2.07. The van der Waals surface area contributed by atoms with Crippen molar-refractivity contribution in [2.24, 2.45) is 0 Å². The predicted octanol–water partition coefficient (Wildman–Crippen LogP) is 1.64. The van der Waals surface area contributed by atoms with E-state index in [1.165, 1.54) is 0 Å². The van der Waals surface area contributed by atoms with Gasteiger partial charge in [0.2, 0.25) is 5.78 Å². The molecule has 5 heteroatoms. The van der Waals surface area contributed by atoms with Crippen LogP contribution in [0.4, 0.5) is 0 Å². The Morgan fingerprint density at radius 3 is 2.89 bits per heavy atom. The van der Waals surface area contributed by atoms with Crippen molar-refractivity contribution in [2.75, 3.05) is 20.6 Å². The van der Waals surface area contributed by atoms with Crippen LogP contribution in [0, 0.1) is 0 Å². The molecule has 0 bridgehead atoms. The summed E-state index contributed by atoms with van der Waals surface area (Å²) in [5, 5.41) is 4.41. The standard InChI is InChI=1S/C13H17N5/c1-16(2)8-5-9-17-10-14-18-12-7-4-3-6-11(12)15-13(17)18/h3-4,6-7,10H,5,8-9H2,1-2H3. The van der Waals surface area contributed by atoms with E-state index in [2.05, 4.69) is 33.6 Å². The number of aromatic nitrogens is 4. The van der Waals surface area contributed by atoms with Gasteiger partial charge in [0.15, 0.2) is 0 Å². The van der Waals surface area contributed by atoms with Crippen LogP contribution >= 0.6 is 0 Å². The van der Waals surface area contributed by atoms with Crippen LogP contribution in [0.2, 0.25) is 0 Å². The molecule has 3 rings (SSSR count). The predicted molar refractivity (Wildman–Crippen MR) is 71.7 cm³/mol. The number of hydrogen-bond acceptors (Lipinski definition) is 3. The van der Waals surface area contributed by atoms with E-state index in [9.17, 15) is 0 Å². The van der Waals surface area contributed by atoms with Gasteiger partial charge >= 0.3 is 0 Å². The van der Waals surface area contributed by atoms with E-state index in [4.69, 9.17) is 0 Å². The zero-order valence-corrected chi connectivity index (χ0v) is 10.7. The van der Waals surface area contributed by atoms with Crippen LogP contribution in [-0.2, 0) is 6.54 Å². The second-order valence-corrected chi connectivity index (χ2v) is 4.79. The highest BCUT2D eigenvalue weighted by atomic mass is 15.4. The lowest BCUT2D eigenvalue weighted by atomic mass is 10.3. The molecule has 0 unspecified atom stereocenters. The average molecular weight is 243 g/mol. The zero-order valence-electron chi connectivity index (χ0n) is 10.7. The van der Waals surface area contributed by atoms with Gasteiger partial charge in [0.05, 0.1) is 11.0 Å². The molecule has 0 aliphatic rings. The molecule has 94 valence electrons. The second kappa shape index (κ2) is 4.42. The van der Waals surface area contributed by atoms with E-state index in [0.29, 0.717) is 0 Å². The summed E-state index contributed by atoms with van der Waals surface area (Å²) >= 11 is 0. The fourth-order valence-corrected chi connectivity index (χ4v) is 2.18. The fraction of sp³-hybridized carbons (Fsp3) is 0.385. The van der Waals surface area contributed by atoms with Crippen LogP contribution in [-0.4, -0.2) is 44.7 Å². The molecule has 2 aromatic heterocycles. The molecule has 0 aliphatic heterocycles. The van der Waals surface area contributed by atoms with E-state index in [1.807, 2.05) is 35.1 Å². The normalized spacial score (nSPS) is 11.9. The maximum Gasteiger partial charge on any atom is 0.233 e. The van der Waals surface area contributed by atoms with Crippen LogP contribution in [0.25, 0.3) is 16.8 Å². The first-order valence-electron chi connectivity index (χ1n) is 6.19. The van der Waals surface area contributed by atoms with Crippen molar-refractivity contribution in [3.63, 3.8) is 0 Å². The lowest BCUT2D eigenvalue weighted by Crippen LogP contribution is -2.14. The number of benzene rings is 1. The summed E-state index contributed by atoms with van der Waals surface area (Å²) in [6, 6.07) is 8.09. The molecule has 1 aromatic carbocycles. The number of imidazole rings is 1. The molecule has 0 N–H and O–H groups in total. The second-order valence-electron chi connectivity index (χ2n) is 4.79. The SMILES string of the molecule is CN(C)CCCn1cnn2c3ccccc3nc12. The van der Waals surface area contributed by atoms with Gasteiger partial charge in [-0.05, 0) is 39.2 Å². The summed E-state index contributed by atoms with van der Waals surface area (Å²) < 4.78 is 4.02. The maximum atomic E-state index is 4.62. The van der Waals surface area contributed by atoms with E-state index >= 15 is 0 Å². The Morgan fingerprint density at radius 1 is 1.22 bits per heavy atom. The smallest absolute Gasteiger partial charge is 0.233 e. The van der Waals surface area contributed by atoms with Crippen LogP contribution in [0.15, 0.2) is 30.6 Å². The van der Waals surface area contributed by atoms with Gasteiger partial charge in [-0.1, -0.05) is 12.1 Å². The summed E-state index contributed by atoms with van der Waals surface area (Å²) in [4.78, 5) is 6.81. The van der Waals surface area contributed by atoms with Crippen LogP contribution < -0.4 is 0 Å². The average Bonchev–Trinajstić information content (AvgIpc) is 2.88. The third-order valence-corrected chi connectivity index (χ3v) is 3.09. The lowest BCUT2D eigenvalue weighted by molar-refractivity contribution is 0.387. The largest absolute Gasteiger partial charge is 0.309 e. The van der Waals surface area contributed by atoms with Crippen molar-refractivity contribution in [3.05, 3.63) is 30.6 Å². The molecule has 2 heterocycles. The molecular formula is C13H17N5. The quantitative estimate of drug-likeness (QED) is 0.699. The summed E-state index contributed by atoms with van der Waals surface area (Å²) in [7, 11) is 4.18. The monoisotopic (exact) mass is 243 g/mol. The molecular weight excluding hydrogens is 226 g/mol. The number of nitrogens with zero attached hydrogens (tertiary/aromatic N) is 5. The third-order valence-electron chi connectivity index (χ3n) is 3.09. The molecule has 3 aromatic rings. The molecule has 0 amide bonds. The van der Waals surface area contributed by atoms with E-state index in [-0.39, 0.29) is 0 Å². The summed E-state index contributed by atoms with van der Waals surface area (Å²) in [6.07, 6.45) is 2.96. The highest BCUT2D eigenvalue weighted by molar-refractivity contribution is 5.78. The molecule has 5 nitrogen and oxygen atoms in total. The Labute approximate surface area is 106 Å². The minimum absolute atomic E-state index is 0.926. The van der Waals surface area contributed by atoms with E-state index in [1.54, 1.807) is 0 Å². The minimum atomic E-state index is 0.926. The van der Waals surface area contributed by atoms with Gasteiger partial charge in [0, 0.05) is 6.54 Å². The Kier molecular flexibility index (Phi) is 2.76. The fourth-order valence-electron chi connectivity index (χ4n) is 2.18. The first-order chi connectivity index (χ1) is 8.75. The summed E-state index contributed by atoms with van der Waals surface area (Å²) in [5.74, 6) is 0.926. The highest BCUT2D eigenvalue weighted by Crippen LogP contribution is 2.15. The number of para-hydroxylation sites is 2. The zero-order chi connectivity index (χ0) is 12.5. The van der Waals surface area contributed by atoms with Gasteiger partial charge in [-0.15, -0.1) is 0 Å². The van der Waals surface area contributed by atoms with Crippen molar-refractivity contribution < 1.29 is 0 Å². The van der Waals surface area contributed by atoms with Crippen molar-refractivity contribution in [2.45, 2.75) is 13.0 Å². The third kappa shape index (κ3) is 1.86. The first kappa shape index (κ1) is 11.2. The van der Waals surface area contributed by atoms with Crippen molar-refractivity contribution >= 4 is 16.8 Å². The van der Waals surface area contributed by atoms with Gasteiger partial charge in [-0.3, -0.25) is 4.57 Å². The number of hydrogen-bond donors (Lipinski definition) is 0. The Morgan fingerprint density at radius 2 is 2.06 bits per heavy atom. The van der Waals surface area contributed by atoms with Gasteiger partial charge in [-0.2, -0.15) is 9.61 Å². The van der Waals surface area contributed by atoms with Crippen molar-refractivity contribution in [1.82, 2.24) is 24.1 Å². The Bertz CT molecular complexity index is 664. The topological polar surface area (TPSA) is 38.4 Å². The summed E-state index contributed by atoms with van der Waals surface area (Å²) in [6.45, 7) is 2.02. The molecule has 0 saturated carbocycles. The number of fused-ring (bicyclic) bond motifs is 3. The van der Waals surface area contributed by atoms with E-state index < -0.39 is 0 Å². The molecule has 0 spiro atoms. The minimum Gasteiger partial charge on any atom is -0.309 e.